The van der Waals surface area contributed by atoms with Crippen LogP contribution < -0.4 is 0 Å². The van der Waals surface area contributed by atoms with Gasteiger partial charge in [0.05, 0.1) is 19.0 Å². The lowest BCUT2D eigenvalue weighted by Gasteiger charge is -2.54. The van der Waals surface area contributed by atoms with Gasteiger partial charge < -0.3 is 9.84 Å². The van der Waals surface area contributed by atoms with Gasteiger partial charge in [0.15, 0.2) is 0 Å². The van der Waals surface area contributed by atoms with Crippen LogP contribution >= 0.6 is 0 Å². The zero-order chi connectivity index (χ0) is 16.2. The minimum absolute atomic E-state index is 0.0600. The number of rotatable bonds is 2. The molecule has 4 aliphatic carbocycles. The van der Waals surface area contributed by atoms with Gasteiger partial charge in [-0.15, -0.1) is 0 Å². The molecule has 128 valence electrons. The minimum Gasteiger partial charge on any atom is -0.501 e. The average molecular weight is 316 g/mol. The van der Waals surface area contributed by atoms with Gasteiger partial charge in [-0.05, 0) is 74.7 Å². The molecule has 0 aliphatic heterocycles. The standard InChI is InChI=1S/C21H32O2/c1-13(2)21-11-10-17-16-7-5-15(23-3)12-14(16)4-6-18(17)19(21)8-9-20(21)22/h5,13,17-20,22H,4,6-12H2,1-3H3/t17-,18-,19+,20+,21-/m1/s1. The van der Waals surface area contributed by atoms with Gasteiger partial charge in [-0.1, -0.05) is 25.0 Å². The van der Waals surface area contributed by atoms with E-state index in [4.69, 9.17) is 4.74 Å². The van der Waals surface area contributed by atoms with Crippen LogP contribution in [-0.4, -0.2) is 18.3 Å². The zero-order valence-corrected chi connectivity index (χ0v) is 15.0. The van der Waals surface area contributed by atoms with E-state index in [9.17, 15) is 5.11 Å². The van der Waals surface area contributed by atoms with Crippen molar-refractivity contribution in [1.82, 2.24) is 0 Å². The maximum absolute atomic E-state index is 10.8. The van der Waals surface area contributed by atoms with Gasteiger partial charge in [-0.3, -0.25) is 0 Å². The molecule has 4 rings (SSSR count). The third kappa shape index (κ3) is 2.17. The molecule has 1 N–H and O–H groups in total. The lowest BCUT2D eigenvalue weighted by Crippen LogP contribution is -2.49. The summed E-state index contributed by atoms with van der Waals surface area (Å²) >= 11 is 0. The molecule has 0 spiro atoms. The first-order valence-electron chi connectivity index (χ1n) is 9.69. The highest BCUT2D eigenvalue weighted by Gasteiger charge is 2.58. The second-order valence-electron chi connectivity index (χ2n) is 8.70. The Morgan fingerprint density at radius 1 is 1.22 bits per heavy atom. The largest absolute Gasteiger partial charge is 0.501 e. The fraction of sp³-hybridized carbons (Fsp3) is 0.810. The first-order valence-corrected chi connectivity index (χ1v) is 9.69. The molecule has 0 heterocycles. The summed E-state index contributed by atoms with van der Waals surface area (Å²) in [5.74, 6) is 4.13. The normalized spacial score (nSPS) is 42.9. The molecule has 2 nitrogen and oxygen atoms in total. The van der Waals surface area contributed by atoms with E-state index in [-0.39, 0.29) is 11.5 Å². The van der Waals surface area contributed by atoms with E-state index in [0.29, 0.717) is 5.92 Å². The molecule has 23 heavy (non-hydrogen) atoms. The SMILES string of the molecule is COC1=CCC2=C(CC[C@@H]3[C@@H]2CC[C@]2(C(C)C)[C@@H](O)CC[C@@H]32)C1. The van der Waals surface area contributed by atoms with Crippen LogP contribution in [0.4, 0.5) is 0 Å². The van der Waals surface area contributed by atoms with Gasteiger partial charge in [0.2, 0.25) is 0 Å². The van der Waals surface area contributed by atoms with Crippen LogP contribution in [0.25, 0.3) is 0 Å². The molecule has 0 radical (unpaired) electrons. The number of aliphatic hydroxyl groups excluding tert-OH is 1. The number of allylic oxidation sites excluding steroid dienone is 3. The predicted octanol–water partition coefficient (Wildman–Crippen LogP) is 4.84. The summed E-state index contributed by atoms with van der Waals surface area (Å²) in [6, 6.07) is 0. The molecule has 0 aromatic rings. The predicted molar refractivity (Wildman–Crippen MR) is 92.8 cm³/mol. The van der Waals surface area contributed by atoms with Crippen molar-refractivity contribution in [2.45, 2.75) is 71.3 Å². The van der Waals surface area contributed by atoms with Crippen molar-refractivity contribution in [3.8, 4) is 0 Å². The molecular weight excluding hydrogens is 284 g/mol. The molecule has 4 aliphatic rings. The van der Waals surface area contributed by atoms with Crippen molar-refractivity contribution in [1.29, 1.82) is 0 Å². The Labute approximate surface area is 141 Å². The maximum atomic E-state index is 10.8. The zero-order valence-electron chi connectivity index (χ0n) is 15.0. The molecule has 2 heteroatoms. The number of ether oxygens (including phenoxy) is 1. The highest BCUT2D eigenvalue weighted by molar-refractivity contribution is 5.32. The fourth-order valence-corrected chi connectivity index (χ4v) is 6.85. The number of aliphatic hydroxyl groups is 1. The molecule has 2 saturated carbocycles. The van der Waals surface area contributed by atoms with Crippen molar-refractivity contribution >= 4 is 0 Å². The average Bonchev–Trinajstić information content (AvgIpc) is 2.92. The van der Waals surface area contributed by atoms with Crippen LogP contribution in [0, 0.1) is 29.1 Å². The monoisotopic (exact) mass is 316 g/mol. The summed E-state index contributed by atoms with van der Waals surface area (Å²) in [5, 5.41) is 10.8. The van der Waals surface area contributed by atoms with E-state index < -0.39 is 0 Å². The Kier molecular flexibility index (Phi) is 3.87. The Morgan fingerprint density at radius 2 is 2.04 bits per heavy atom. The first-order chi connectivity index (χ1) is 11.1. The van der Waals surface area contributed by atoms with Gasteiger partial charge in [-0.2, -0.15) is 0 Å². The molecule has 5 atom stereocenters. The summed E-state index contributed by atoms with van der Waals surface area (Å²) < 4.78 is 5.50. The van der Waals surface area contributed by atoms with E-state index in [2.05, 4.69) is 19.9 Å². The molecule has 0 aromatic carbocycles. The Hall–Kier alpha value is -0.760. The van der Waals surface area contributed by atoms with Crippen molar-refractivity contribution in [2.24, 2.45) is 29.1 Å². The molecule has 0 unspecified atom stereocenters. The summed E-state index contributed by atoms with van der Waals surface area (Å²) in [6.07, 6.45) is 11.8. The number of hydrogen-bond acceptors (Lipinski definition) is 2. The highest BCUT2D eigenvalue weighted by atomic mass is 16.5. The van der Waals surface area contributed by atoms with E-state index in [1.54, 1.807) is 18.3 Å². The number of hydrogen-bond donors (Lipinski definition) is 1. The molecule has 0 amide bonds. The van der Waals surface area contributed by atoms with Gasteiger partial charge in [0.25, 0.3) is 0 Å². The van der Waals surface area contributed by atoms with Gasteiger partial charge in [0, 0.05) is 11.8 Å². The van der Waals surface area contributed by atoms with Crippen LogP contribution in [0.2, 0.25) is 0 Å². The Balaban J connectivity index is 1.63. The van der Waals surface area contributed by atoms with E-state index in [1.807, 2.05) is 0 Å². The molecule has 0 bridgehead atoms. The molecule has 2 fully saturated rings. The summed E-state index contributed by atoms with van der Waals surface area (Å²) in [6.45, 7) is 4.70. The second kappa shape index (κ2) is 5.65. The van der Waals surface area contributed by atoms with Gasteiger partial charge in [-0.25, -0.2) is 0 Å². The smallest absolute Gasteiger partial charge is 0.0959 e. The molecular formula is C21H32O2. The van der Waals surface area contributed by atoms with Crippen LogP contribution in [0.3, 0.4) is 0 Å². The fourth-order valence-electron chi connectivity index (χ4n) is 6.85. The Morgan fingerprint density at radius 3 is 2.78 bits per heavy atom. The number of fused-ring (bicyclic) bond motifs is 4. The second-order valence-corrected chi connectivity index (χ2v) is 8.70. The topological polar surface area (TPSA) is 29.5 Å². The lowest BCUT2D eigenvalue weighted by atomic mass is 9.51. The first kappa shape index (κ1) is 15.7. The maximum Gasteiger partial charge on any atom is 0.0959 e. The highest BCUT2D eigenvalue weighted by Crippen LogP contribution is 2.63. The van der Waals surface area contributed by atoms with E-state index in [0.717, 1.165) is 37.0 Å². The van der Waals surface area contributed by atoms with Crippen molar-refractivity contribution in [3.05, 3.63) is 23.0 Å². The third-order valence-corrected chi connectivity index (χ3v) is 7.94. The van der Waals surface area contributed by atoms with Crippen LogP contribution in [0.5, 0.6) is 0 Å². The lowest BCUT2D eigenvalue weighted by molar-refractivity contribution is -0.0762. The quantitative estimate of drug-likeness (QED) is 0.739. The van der Waals surface area contributed by atoms with Gasteiger partial charge >= 0.3 is 0 Å². The summed E-state index contributed by atoms with van der Waals surface area (Å²) in [7, 11) is 1.81. The van der Waals surface area contributed by atoms with Crippen LogP contribution in [0.1, 0.15) is 65.2 Å². The Bertz CT molecular complexity index is 544. The van der Waals surface area contributed by atoms with Crippen molar-refractivity contribution in [3.63, 3.8) is 0 Å². The number of methoxy groups -OCH3 is 1. The molecule has 0 aromatic heterocycles. The van der Waals surface area contributed by atoms with Crippen molar-refractivity contribution in [2.75, 3.05) is 7.11 Å². The van der Waals surface area contributed by atoms with Crippen LogP contribution in [-0.2, 0) is 4.74 Å². The summed E-state index contributed by atoms with van der Waals surface area (Å²) in [4.78, 5) is 0. The third-order valence-electron chi connectivity index (χ3n) is 7.94. The molecule has 0 saturated heterocycles. The van der Waals surface area contributed by atoms with E-state index >= 15 is 0 Å². The minimum atomic E-state index is -0.0600. The van der Waals surface area contributed by atoms with Crippen molar-refractivity contribution < 1.29 is 9.84 Å². The van der Waals surface area contributed by atoms with E-state index in [1.165, 1.54) is 37.9 Å². The van der Waals surface area contributed by atoms with Crippen LogP contribution in [0.15, 0.2) is 23.0 Å². The van der Waals surface area contributed by atoms with Gasteiger partial charge in [0.1, 0.15) is 0 Å². The summed E-state index contributed by atoms with van der Waals surface area (Å²) in [5.41, 5.74) is 3.64.